The number of anilines is 1. The molecule has 2 aliphatic carbocycles. The maximum absolute atomic E-state index is 13.0. The number of nitrogens with zero attached hydrogens (tertiary/aromatic N) is 1. The molecular formula is C21H19ClN2O3S. The molecule has 3 aliphatic rings. The molecule has 1 aliphatic heterocycles. The lowest BCUT2D eigenvalue weighted by Gasteiger charge is -2.19. The number of imide groups is 1. The number of halogens is 1. The SMILES string of the molecule is O=C(NCc1cccs1)c1cc(N2C(=O)[C@H]3[C@H]4CC[C@@H](C4)[C@@H]3C2=O)ccc1Cl. The maximum atomic E-state index is 13.0. The third-order valence-electron chi connectivity index (χ3n) is 6.38. The number of carbonyl (C=O) groups is 3. The fourth-order valence-electron chi connectivity index (χ4n) is 5.17. The van der Waals surface area contributed by atoms with Gasteiger partial charge in [-0.1, -0.05) is 17.7 Å². The Morgan fingerprint density at radius 1 is 1.14 bits per heavy atom. The van der Waals surface area contributed by atoms with Crippen LogP contribution in [0.4, 0.5) is 5.69 Å². The van der Waals surface area contributed by atoms with E-state index in [9.17, 15) is 14.4 Å². The lowest BCUT2D eigenvalue weighted by Crippen LogP contribution is -2.33. The first kappa shape index (κ1) is 17.9. The van der Waals surface area contributed by atoms with Gasteiger partial charge in [-0.3, -0.25) is 19.3 Å². The highest BCUT2D eigenvalue weighted by Gasteiger charge is 2.61. The molecule has 2 bridgehead atoms. The molecule has 0 unspecified atom stereocenters. The fourth-order valence-corrected chi connectivity index (χ4v) is 6.01. The van der Waals surface area contributed by atoms with Crippen molar-refractivity contribution in [3.8, 4) is 0 Å². The first-order valence-corrected chi connectivity index (χ1v) is 10.8. The predicted octanol–water partition coefficient (Wildman–Crippen LogP) is 3.87. The van der Waals surface area contributed by atoms with Gasteiger partial charge in [0.2, 0.25) is 11.8 Å². The van der Waals surface area contributed by atoms with Crippen LogP contribution in [0.15, 0.2) is 35.7 Å². The standard InChI is InChI=1S/C21H19ClN2O3S/c22-16-6-5-13(9-15(16)19(25)23-10-14-2-1-7-28-14)24-20(26)17-11-3-4-12(8-11)18(17)21(24)27/h1-2,5-7,9,11-12,17-18H,3-4,8,10H2,(H,23,25)/t11-,12-,17-,18-/m0/s1. The van der Waals surface area contributed by atoms with Crippen molar-refractivity contribution in [2.75, 3.05) is 4.90 Å². The van der Waals surface area contributed by atoms with Gasteiger partial charge in [0, 0.05) is 4.88 Å². The van der Waals surface area contributed by atoms with E-state index in [0.717, 1.165) is 24.1 Å². The normalized spacial score (nSPS) is 28.1. The molecule has 1 aromatic heterocycles. The highest BCUT2D eigenvalue weighted by atomic mass is 35.5. The van der Waals surface area contributed by atoms with Crippen LogP contribution in [0, 0.1) is 23.7 Å². The summed E-state index contributed by atoms with van der Waals surface area (Å²) in [4.78, 5) is 41.0. The zero-order valence-corrected chi connectivity index (χ0v) is 16.6. The van der Waals surface area contributed by atoms with Gasteiger partial charge in [-0.15, -0.1) is 11.3 Å². The Balaban J connectivity index is 1.40. The molecule has 5 rings (SSSR count). The van der Waals surface area contributed by atoms with Crippen molar-refractivity contribution < 1.29 is 14.4 Å². The summed E-state index contributed by atoms with van der Waals surface area (Å²) in [5.41, 5.74) is 0.714. The van der Waals surface area contributed by atoms with Crippen LogP contribution >= 0.6 is 22.9 Å². The summed E-state index contributed by atoms with van der Waals surface area (Å²) < 4.78 is 0. The molecular weight excluding hydrogens is 396 g/mol. The van der Waals surface area contributed by atoms with E-state index < -0.39 is 0 Å². The van der Waals surface area contributed by atoms with E-state index in [1.807, 2.05) is 17.5 Å². The minimum absolute atomic E-state index is 0.116. The van der Waals surface area contributed by atoms with Crippen LogP contribution in [0.5, 0.6) is 0 Å². The van der Waals surface area contributed by atoms with E-state index in [4.69, 9.17) is 11.6 Å². The largest absolute Gasteiger partial charge is 0.347 e. The van der Waals surface area contributed by atoms with Crippen molar-refractivity contribution >= 4 is 46.3 Å². The van der Waals surface area contributed by atoms with Crippen molar-refractivity contribution in [2.45, 2.75) is 25.8 Å². The van der Waals surface area contributed by atoms with Crippen LogP contribution in [0.25, 0.3) is 0 Å². The Bertz CT molecular complexity index is 946. The van der Waals surface area contributed by atoms with Gasteiger partial charge in [0.25, 0.3) is 5.91 Å². The molecule has 1 aromatic carbocycles. The van der Waals surface area contributed by atoms with Gasteiger partial charge in [0.1, 0.15) is 0 Å². The molecule has 0 spiro atoms. The number of benzene rings is 1. The van der Waals surface area contributed by atoms with E-state index in [1.54, 1.807) is 29.5 Å². The molecule has 1 saturated heterocycles. The minimum Gasteiger partial charge on any atom is -0.347 e. The Morgan fingerprint density at radius 2 is 1.86 bits per heavy atom. The summed E-state index contributed by atoms with van der Waals surface area (Å²) in [7, 11) is 0. The van der Waals surface area contributed by atoms with Crippen molar-refractivity contribution in [3.05, 3.63) is 51.2 Å². The van der Waals surface area contributed by atoms with Crippen molar-refractivity contribution in [2.24, 2.45) is 23.7 Å². The van der Waals surface area contributed by atoms with Crippen molar-refractivity contribution in [3.63, 3.8) is 0 Å². The first-order valence-electron chi connectivity index (χ1n) is 9.52. The van der Waals surface area contributed by atoms with Gasteiger partial charge in [-0.25, -0.2) is 0 Å². The number of hydrogen-bond donors (Lipinski definition) is 1. The smallest absolute Gasteiger partial charge is 0.253 e. The van der Waals surface area contributed by atoms with Crippen LogP contribution in [0.3, 0.4) is 0 Å². The Hall–Kier alpha value is -2.18. The molecule has 7 heteroatoms. The number of hydrogen-bond acceptors (Lipinski definition) is 4. The lowest BCUT2D eigenvalue weighted by atomic mass is 9.81. The highest BCUT2D eigenvalue weighted by Crippen LogP contribution is 2.56. The average Bonchev–Trinajstić information content (AvgIpc) is 3.46. The quantitative estimate of drug-likeness (QED) is 0.772. The summed E-state index contributed by atoms with van der Waals surface area (Å²) in [5, 5.41) is 5.09. The molecule has 5 nitrogen and oxygen atoms in total. The third kappa shape index (κ3) is 2.70. The number of rotatable bonds is 4. The second-order valence-electron chi connectivity index (χ2n) is 7.82. The zero-order valence-electron chi connectivity index (χ0n) is 15.1. The maximum Gasteiger partial charge on any atom is 0.253 e. The Labute approximate surface area is 171 Å². The molecule has 2 saturated carbocycles. The van der Waals surface area contributed by atoms with E-state index in [-0.39, 0.29) is 35.1 Å². The molecule has 2 aromatic rings. The summed E-state index contributed by atoms with van der Waals surface area (Å²) >= 11 is 7.80. The van der Waals surface area contributed by atoms with Crippen LogP contribution in [-0.4, -0.2) is 17.7 Å². The number of nitrogens with one attached hydrogen (secondary N) is 1. The molecule has 28 heavy (non-hydrogen) atoms. The Kier molecular flexibility index (Phi) is 4.29. The topological polar surface area (TPSA) is 66.5 Å². The van der Waals surface area contributed by atoms with Gasteiger partial charge < -0.3 is 5.32 Å². The second kappa shape index (κ2) is 6.71. The van der Waals surface area contributed by atoms with Gasteiger partial charge in [0.15, 0.2) is 0 Å². The van der Waals surface area contributed by atoms with E-state index in [0.29, 0.717) is 29.1 Å². The number of carbonyl (C=O) groups excluding carboxylic acids is 3. The minimum atomic E-state index is -0.320. The predicted molar refractivity (Wildman–Crippen MR) is 107 cm³/mol. The molecule has 3 fully saturated rings. The average molecular weight is 415 g/mol. The molecule has 2 heterocycles. The van der Waals surface area contributed by atoms with Gasteiger partial charge >= 0.3 is 0 Å². The highest BCUT2D eigenvalue weighted by molar-refractivity contribution is 7.09. The van der Waals surface area contributed by atoms with E-state index >= 15 is 0 Å². The molecule has 3 amide bonds. The summed E-state index contributed by atoms with van der Waals surface area (Å²) in [6.07, 6.45) is 3.07. The second-order valence-corrected chi connectivity index (χ2v) is 9.26. The summed E-state index contributed by atoms with van der Waals surface area (Å²) in [5.74, 6) is -0.255. The zero-order chi connectivity index (χ0) is 19.4. The number of fused-ring (bicyclic) bond motifs is 5. The molecule has 1 N–H and O–H groups in total. The molecule has 144 valence electrons. The van der Waals surface area contributed by atoms with Gasteiger partial charge in [-0.05, 0) is 60.7 Å². The van der Waals surface area contributed by atoms with Crippen LogP contribution in [-0.2, 0) is 16.1 Å². The summed E-state index contributed by atoms with van der Waals surface area (Å²) in [6, 6.07) is 8.66. The number of amides is 3. The monoisotopic (exact) mass is 414 g/mol. The van der Waals surface area contributed by atoms with Crippen LogP contribution in [0.1, 0.15) is 34.5 Å². The van der Waals surface area contributed by atoms with Crippen LogP contribution in [0.2, 0.25) is 5.02 Å². The fraction of sp³-hybridized carbons (Fsp3) is 0.381. The molecule has 4 atom stereocenters. The van der Waals surface area contributed by atoms with E-state index in [2.05, 4.69) is 5.32 Å². The summed E-state index contributed by atoms with van der Waals surface area (Å²) in [6.45, 7) is 0.409. The molecule has 0 radical (unpaired) electrons. The Morgan fingerprint density at radius 3 is 2.50 bits per heavy atom. The van der Waals surface area contributed by atoms with Crippen molar-refractivity contribution in [1.82, 2.24) is 5.32 Å². The number of thiophene rings is 1. The third-order valence-corrected chi connectivity index (χ3v) is 7.59. The van der Waals surface area contributed by atoms with E-state index in [1.165, 1.54) is 4.90 Å². The van der Waals surface area contributed by atoms with Gasteiger partial charge in [-0.2, -0.15) is 0 Å². The first-order chi connectivity index (χ1) is 13.5. The van der Waals surface area contributed by atoms with Crippen molar-refractivity contribution in [1.29, 1.82) is 0 Å². The van der Waals surface area contributed by atoms with Crippen LogP contribution < -0.4 is 10.2 Å². The van der Waals surface area contributed by atoms with Gasteiger partial charge in [0.05, 0.1) is 34.7 Å². The lowest BCUT2D eigenvalue weighted by molar-refractivity contribution is -0.123.